The van der Waals surface area contributed by atoms with Crippen molar-refractivity contribution in [3.63, 3.8) is 0 Å². The molecule has 14 heteroatoms. The van der Waals surface area contributed by atoms with Crippen molar-refractivity contribution in [3.8, 4) is 0 Å². The topological polar surface area (TPSA) is 109 Å². The minimum Gasteiger partial charge on any atom is -0.412 e. The van der Waals surface area contributed by atoms with E-state index < -0.39 is 31.1 Å². The molecule has 2 aliphatic heterocycles. The van der Waals surface area contributed by atoms with Gasteiger partial charge in [0.2, 0.25) is 5.91 Å². The fourth-order valence-electron chi connectivity index (χ4n) is 6.10. The molecule has 1 amide bonds. The van der Waals surface area contributed by atoms with Gasteiger partial charge in [-0.15, -0.1) is 5.10 Å². The molecule has 246 valence electrons. The average Bonchev–Trinajstić information content (AvgIpc) is 3.58. The third-order valence-corrected chi connectivity index (χ3v) is 12.8. The first-order chi connectivity index (χ1) is 20.4. The number of nitrogens with zero attached hydrogens (tertiary/aromatic N) is 4. The molecular formula is C30H53N5O6Si3. The van der Waals surface area contributed by atoms with Crippen LogP contribution >= 0.6 is 0 Å². The lowest BCUT2D eigenvalue weighted by molar-refractivity contribution is -0.132. The Morgan fingerprint density at radius 2 is 1.57 bits per heavy atom. The number of benzene rings is 1. The third kappa shape index (κ3) is 8.94. The van der Waals surface area contributed by atoms with E-state index in [-0.39, 0.29) is 36.4 Å². The van der Waals surface area contributed by atoms with E-state index in [1.54, 1.807) is 11.8 Å². The molecule has 2 saturated heterocycles. The zero-order chi connectivity index (χ0) is 32.5. The van der Waals surface area contributed by atoms with E-state index in [1.807, 2.05) is 43.1 Å². The van der Waals surface area contributed by atoms with Crippen molar-refractivity contribution in [3.05, 3.63) is 47.8 Å². The van der Waals surface area contributed by atoms with Crippen LogP contribution < -0.4 is 5.32 Å². The molecular weight excluding hydrogens is 611 g/mol. The standard InChI is InChI=1S/C30H53N5O6Si3/c1-22(38-42(6,7)8)27-28(23(2)39-43(9,10)11)41-44(37-5,40-27)18-17-34-20-25(32-33-34)21-35-29(36)26(31-30(35,3)4)19-24-15-13-12-14-16-24/h12-16,20,22-23,26-28,31H,17-19,21H2,1-11H3/t22?,23?,26-,27?,28?,44?/m0/s1. The van der Waals surface area contributed by atoms with Gasteiger partial charge in [-0.05, 0) is 79.0 Å². The molecule has 0 saturated carbocycles. The first-order valence-electron chi connectivity index (χ1n) is 15.7. The van der Waals surface area contributed by atoms with Crippen molar-refractivity contribution >= 4 is 31.3 Å². The van der Waals surface area contributed by atoms with Gasteiger partial charge in [-0.3, -0.25) is 14.8 Å². The van der Waals surface area contributed by atoms with Crippen LogP contribution in [-0.4, -0.2) is 94.5 Å². The highest BCUT2D eigenvalue weighted by atomic mass is 28.4. The third-order valence-electron chi connectivity index (χ3n) is 7.87. The summed E-state index contributed by atoms with van der Waals surface area (Å²) in [5.74, 6) is 0.0632. The number of aromatic nitrogens is 3. The summed E-state index contributed by atoms with van der Waals surface area (Å²) >= 11 is 0. The molecule has 3 heterocycles. The first-order valence-corrected chi connectivity index (χ1v) is 24.4. The summed E-state index contributed by atoms with van der Waals surface area (Å²) in [4.78, 5) is 15.3. The van der Waals surface area contributed by atoms with E-state index in [9.17, 15) is 4.79 Å². The Morgan fingerprint density at radius 3 is 2.09 bits per heavy atom. The lowest BCUT2D eigenvalue weighted by Gasteiger charge is -2.34. The van der Waals surface area contributed by atoms with Crippen LogP contribution in [0.2, 0.25) is 45.3 Å². The molecule has 2 aromatic rings. The normalized spacial score (nSPS) is 27.2. The van der Waals surface area contributed by atoms with Gasteiger partial charge >= 0.3 is 8.80 Å². The van der Waals surface area contributed by atoms with Crippen molar-refractivity contribution < 1.29 is 26.9 Å². The number of nitrogens with one attached hydrogen (secondary N) is 1. The van der Waals surface area contributed by atoms with Crippen LogP contribution in [0.4, 0.5) is 0 Å². The fraction of sp³-hybridized carbons (Fsp3) is 0.700. The van der Waals surface area contributed by atoms with Gasteiger partial charge < -0.3 is 27.0 Å². The molecule has 2 aliphatic rings. The predicted octanol–water partition coefficient (Wildman–Crippen LogP) is 4.41. The Hall–Kier alpha value is -1.76. The van der Waals surface area contributed by atoms with Gasteiger partial charge in [-0.25, -0.2) is 0 Å². The molecule has 44 heavy (non-hydrogen) atoms. The largest absolute Gasteiger partial charge is 0.503 e. The molecule has 4 unspecified atom stereocenters. The van der Waals surface area contributed by atoms with Crippen LogP contribution in [-0.2, 0) is 46.4 Å². The molecule has 5 atom stereocenters. The van der Waals surface area contributed by atoms with Crippen LogP contribution in [0.5, 0.6) is 0 Å². The average molecular weight is 664 g/mol. The molecule has 1 N–H and O–H groups in total. The van der Waals surface area contributed by atoms with Crippen LogP contribution in [0.3, 0.4) is 0 Å². The Bertz CT molecular complexity index is 1220. The van der Waals surface area contributed by atoms with Crippen molar-refractivity contribution in [1.82, 2.24) is 25.2 Å². The maximum Gasteiger partial charge on any atom is 0.503 e. The Labute approximate surface area is 266 Å². The first kappa shape index (κ1) is 35.1. The van der Waals surface area contributed by atoms with Gasteiger partial charge in [0.15, 0.2) is 16.6 Å². The van der Waals surface area contributed by atoms with Crippen LogP contribution in [0.15, 0.2) is 36.5 Å². The fourth-order valence-corrected chi connectivity index (χ4v) is 11.3. The summed E-state index contributed by atoms with van der Waals surface area (Å²) in [6, 6.07) is 10.3. The lowest BCUT2D eigenvalue weighted by atomic mass is 10.1. The summed E-state index contributed by atoms with van der Waals surface area (Å²) in [5.41, 5.74) is 1.34. The second-order valence-corrected chi connectivity index (χ2v) is 26.2. The molecule has 11 nitrogen and oxygen atoms in total. The van der Waals surface area contributed by atoms with E-state index in [0.29, 0.717) is 25.6 Å². The van der Waals surface area contributed by atoms with Gasteiger partial charge in [-0.1, -0.05) is 35.5 Å². The maximum absolute atomic E-state index is 13.4. The number of carbonyl (C=O) groups is 1. The molecule has 2 fully saturated rings. The Balaban J connectivity index is 1.42. The molecule has 0 bridgehead atoms. The number of hydrogen-bond acceptors (Lipinski definition) is 9. The summed E-state index contributed by atoms with van der Waals surface area (Å²) in [6.07, 6.45) is 1.60. The van der Waals surface area contributed by atoms with Crippen LogP contribution in [0, 0.1) is 0 Å². The van der Waals surface area contributed by atoms with E-state index in [1.165, 1.54) is 0 Å². The highest BCUT2D eigenvalue weighted by Gasteiger charge is 2.57. The highest BCUT2D eigenvalue weighted by molar-refractivity contribution is 6.70. The SMILES string of the molecule is CO[Si]1(CCn2cc(CN3C(=O)[C@H](Cc4ccccc4)NC3(C)C)nn2)OC(C(C)O[Si](C)(C)C)C(C(C)O[Si](C)(C)C)O1. The van der Waals surface area contributed by atoms with Crippen molar-refractivity contribution in [2.75, 3.05) is 7.11 Å². The van der Waals surface area contributed by atoms with E-state index in [2.05, 4.69) is 80.9 Å². The summed E-state index contributed by atoms with van der Waals surface area (Å²) in [7, 11) is -5.09. The van der Waals surface area contributed by atoms with Gasteiger partial charge in [0.1, 0.15) is 17.9 Å². The zero-order valence-electron chi connectivity index (χ0n) is 28.4. The molecule has 4 rings (SSSR count). The van der Waals surface area contributed by atoms with E-state index in [4.69, 9.17) is 22.1 Å². The van der Waals surface area contributed by atoms with Crippen molar-refractivity contribution in [2.24, 2.45) is 0 Å². The molecule has 0 radical (unpaired) electrons. The second kappa shape index (κ2) is 13.5. The maximum atomic E-state index is 13.4. The lowest BCUT2D eigenvalue weighted by Crippen LogP contribution is -2.47. The quantitative estimate of drug-likeness (QED) is 0.294. The molecule has 0 spiro atoms. The predicted molar refractivity (Wildman–Crippen MR) is 177 cm³/mol. The summed E-state index contributed by atoms with van der Waals surface area (Å²) < 4.78 is 34.1. The Morgan fingerprint density at radius 1 is 1.00 bits per heavy atom. The van der Waals surface area contributed by atoms with Gasteiger partial charge in [0, 0.05) is 19.7 Å². The van der Waals surface area contributed by atoms with Gasteiger partial charge in [0.25, 0.3) is 0 Å². The van der Waals surface area contributed by atoms with Gasteiger partial charge in [-0.2, -0.15) is 0 Å². The monoisotopic (exact) mass is 663 g/mol. The number of rotatable bonds is 14. The molecule has 1 aromatic heterocycles. The van der Waals surface area contributed by atoms with Crippen molar-refractivity contribution in [2.45, 2.75) is 129 Å². The highest BCUT2D eigenvalue weighted by Crippen LogP contribution is 2.36. The number of aryl methyl sites for hydroxylation is 1. The minimum absolute atomic E-state index is 0.0632. The molecule has 0 aliphatic carbocycles. The number of amides is 1. The van der Waals surface area contributed by atoms with Crippen LogP contribution in [0.1, 0.15) is 39.0 Å². The number of hydrogen-bond donors (Lipinski definition) is 1. The van der Waals surface area contributed by atoms with Gasteiger partial charge in [0.05, 0.1) is 36.7 Å². The number of carbonyl (C=O) groups excluding carboxylic acids is 1. The second-order valence-electron chi connectivity index (χ2n) is 14.5. The van der Waals surface area contributed by atoms with Crippen molar-refractivity contribution in [1.29, 1.82) is 0 Å². The minimum atomic E-state index is -3.09. The van der Waals surface area contributed by atoms with Crippen LogP contribution in [0.25, 0.3) is 0 Å². The smallest absolute Gasteiger partial charge is 0.412 e. The zero-order valence-corrected chi connectivity index (χ0v) is 31.4. The van der Waals surface area contributed by atoms with E-state index >= 15 is 0 Å². The van der Waals surface area contributed by atoms with E-state index in [0.717, 1.165) is 11.3 Å². The summed E-state index contributed by atoms with van der Waals surface area (Å²) in [5, 5.41) is 12.3. The summed E-state index contributed by atoms with van der Waals surface area (Å²) in [6.45, 7) is 22.1. The molecule has 1 aromatic carbocycles. The Kier molecular flexibility index (Phi) is 10.8.